The number of allylic oxidation sites excluding steroid dienone is 1. The van der Waals surface area contributed by atoms with E-state index in [1.54, 1.807) is 0 Å². The molecule has 0 amide bonds. The highest BCUT2D eigenvalue weighted by molar-refractivity contribution is 5.81. The fourth-order valence-corrected chi connectivity index (χ4v) is 1.48. The maximum Gasteiger partial charge on any atom is 0.0357 e. The summed E-state index contributed by atoms with van der Waals surface area (Å²) in [7, 11) is 2.15. The van der Waals surface area contributed by atoms with Crippen molar-refractivity contribution >= 4 is 6.21 Å². The lowest BCUT2D eigenvalue weighted by atomic mass is 10.0. The van der Waals surface area contributed by atoms with Crippen LogP contribution in [0.25, 0.3) is 0 Å². The third-order valence-corrected chi connectivity index (χ3v) is 2.91. The third-order valence-electron chi connectivity index (χ3n) is 2.91. The Labute approximate surface area is 93.4 Å². The van der Waals surface area contributed by atoms with Crippen LogP contribution in [0.15, 0.2) is 28.4 Å². The molecule has 84 valence electrons. The summed E-state index contributed by atoms with van der Waals surface area (Å²) in [5, 5.41) is 0. The molecule has 1 aliphatic rings. The fraction of sp³-hybridized carbons (Fsp3) is 0.615. The number of aliphatic imine (C=N–C) groups is 1. The molecule has 0 N–H and O–H groups in total. The van der Waals surface area contributed by atoms with Crippen LogP contribution in [0, 0.1) is 5.92 Å². The lowest BCUT2D eigenvalue weighted by molar-refractivity contribution is 0.354. The van der Waals surface area contributed by atoms with E-state index < -0.39 is 0 Å². The van der Waals surface area contributed by atoms with E-state index in [2.05, 4.69) is 44.3 Å². The van der Waals surface area contributed by atoms with E-state index in [-0.39, 0.29) is 0 Å². The number of hydrogen-bond acceptors (Lipinski definition) is 2. The zero-order valence-corrected chi connectivity index (χ0v) is 10.4. The first-order valence-electron chi connectivity index (χ1n) is 5.60. The molecular weight excluding hydrogens is 184 g/mol. The minimum Gasteiger partial charge on any atom is -0.302 e. The van der Waals surface area contributed by atoms with Crippen LogP contribution in [0.1, 0.15) is 27.2 Å². The second kappa shape index (κ2) is 5.26. The van der Waals surface area contributed by atoms with Crippen molar-refractivity contribution in [2.45, 2.75) is 27.2 Å². The summed E-state index contributed by atoms with van der Waals surface area (Å²) in [6.45, 7) is 12.6. The molecule has 0 saturated heterocycles. The van der Waals surface area contributed by atoms with Crippen molar-refractivity contribution in [2.75, 3.05) is 20.1 Å². The minimum atomic E-state index is 0.434. The molecule has 2 heteroatoms. The van der Waals surface area contributed by atoms with Crippen LogP contribution in [0.5, 0.6) is 0 Å². The summed E-state index contributed by atoms with van der Waals surface area (Å²) in [6.07, 6.45) is 3.15. The summed E-state index contributed by atoms with van der Waals surface area (Å²) in [5.41, 5.74) is 3.78. The predicted molar refractivity (Wildman–Crippen MR) is 67.3 cm³/mol. The molecule has 0 aromatic heterocycles. The highest BCUT2D eigenvalue weighted by Crippen LogP contribution is 2.15. The molecule has 0 unspecified atom stereocenters. The van der Waals surface area contributed by atoms with Gasteiger partial charge in [0.1, 0.15) is 0 Å². The van der Waals surface area contributed by atoms with Crippen molar-refractivity contribution in [3.05, 3.63) is 23.4 Å². The molecule has 0 saturated carbocycles. The van der Waals surface area contributed by atoms with Crippen molar-refractivity contribution in [1.29, 1.82) is 0 Å². The molecule has 1 aliphatic heterocycles. The van der Waals surface area contributed by atoms with Gasteiger partial charge in [-0.1, -0.05) is 26.0 Å². The summed E-state index contributed by atoms with van der Waals surface area (Å²) < 4.78 is 0. The van der Waals surface area contributed by atoms with Crippen LogP contribution in [0.4, 0.5) is 0 Å². The van der Waals surface area contributed by atoms with Crippen molar-refractivity contribution < 1.29 is 0 Å². The zero-order valence-electron chi connectivity index (χ0n) is 10.4. The first kappa shape index (κ1) is 12.2. The van der Waals surface area contributed by atoms with Gasteiger partial charge in [0, 0.05) is 25.0 Å². The fourth-order valence-electron chi connectivity index (χ4n) is 1.48. The smallest absolute Gasteiger partial charge is 0.0357 e. The lowest BCUT2D eigenvalue weighted by Crippen LogP contribution is -2.27. The van der Waals surface area contributed by atoms with E-state index in [9.17, 15) is 0 Å². The van der Waals surface area contributed by atoms with Gasteiger partial charge in [0.15, 0.2) is 0 Å². The first-order valence-corrected chi connectivity index (χ1v) is 5.60. The molecule has 0 atom stereocenters. The minimum absolute atomic E-state index is 0.434. The van der Waals surface area contributed by atoms with Gasteiger partial charge in [0.25, 0.3) is 0 Å². The Balaban J connectivity index is 2.68. The SMILES string of the molecule is C=C(N=CC1=C(C)CCN(C)C1)C(C)C. The Morgan fingerprint density at radius 1 is 1.53 bits per heavy atom. The molecule has 0 radical (unpaired) electrons. The van der Waals surface area contributed by atoms with Crippen LogP contribution in [-0.4, -0.2) is 31.3 Å². The monoisotopic (exact) mass is 206 g/mol. The van der Waals surface area contributed by atoms with E-state index in [1.165, 1.54) is 11.1 Å². The Bertz CT molecular complexity index is 298. The summed E-state index contributed by atoms with van der Waals surface area (Å²) in [4.78, 5) is 6.75. The maximum absolute atomic E-state index is 4.43. The maximum atomic E-state index is 4.43. The van der Waals surface area contributed by atoms with E-state index in [0.717, 1.165) is 25.2 Å². The van der Waals surface area contributed by atoms with Crippen molar-refractivity contribution in [2.24, 2.45) is 10.9 Å². The van der Waals surface area contributed by atoms with Crippen molar-refractivity contribution in [3.8, 4) is 0 Å². The summed E-state index contributed by atoms with van der Waals surface area (Å²) in [5.74, 6) is 0.434. The van der Waals surface area contributed by atoms with Gasteiger partial charge >= 0.3 is 0 Å². The van der Waals surface area contributed by atoms with Crippen LogP contribution >= 0.6 is 0 Å². The van der Waals surface area contributed by atoms with Crippen LogP contribution in [0.2, 0.25) is 0 Å². The third kappa shape index (κ3) is 3.63. The average molecular weight is 206 g/mol. The highest BCUT2D eigenvalue weighted by atomic mass is 15.1. The number of nitrogens with zero attached hydrogens (tertiary/aromatic N) is 2. The molecule has 2 nitrogen and oxygen atoms in total. The zero-order chi connectivity index (χ0) is 11.4. The highest BCUT2D eigenvalue weighted by Gasteiger charge is 2.11. The van der Waals surface area contributed by atoms with E-state index in [0.29, 0.717) is 5.92 Å². The van der Waals surface area contributed by atoms with Crippen LogP contribution < -0.4 is 0 Å². The summed E-state index contributed by atoms with van der Waals surface area (Å²) >= 11 is 0. The molecule has 0 fully saturated rings. The van der Waals surface area contributed by atoms with Crippen molar-refractivity contribution in [1.82, 2.24) is 4.90 Å². The molecule has 1 rings (SSSR count). The standard InChI is InChI=1S/C13H22N2/c1-10(2)12(4)14-8-13-9-15(5)7-6-11(13)3/h8,10H,4,6-7,9H2,1-3,5H3. The van der Waals surface area contributed by atoms with Crippen LogP contribution in [0.3, 0.4) is 0 Å². The molecule has 0 aliphatic carbocycles. The van der Waals surface area contributed by atoms with Gasteiger partial charge < -0.3 is 4.90 Å². The van der Waals surface area contributed by atoms with Gasteiger partial charge in [0.05, 0.1) is 0 Å². The van der Waals surface area contributed by atoms with Gasteiger partial charge in [-0.2, -0.15) is 0 Å². The normalized spacial score (nSPS) is 19.3. The number of rotatable bonds is 3. The average Bonchev–Trinajstić information content (AvgIpc) is 2.18. The largest absolute Gasteiger partial charge is 0.302 e. The molecule has 0 bridgehead atoms. The number of likely N-dealkylation sites (N-methyl/N-ethyl adjacent to an activating group) is 1. The number of hydrogen-bond donors (Lipinski definition) is 0. The Hall–Kier alpha value is -0.890. The lowest BCUT2D eigenvalue weighted by Gasteiger charge is -2.24. The van der Waals surface area contributed by atoms with Gasteiger partial charge in [-0.25, -0.2) is 0 Å². The predicted octanol–water partition coefficient (Wildman–Crippen LogP) is 2.88. The first-order chi connectivity index (χ1) is 7.00. The quantitative estimate of drug-likeness (QED) is 0.648. The molecule has 1 heterocycles. The van der Waals surface area contributed by atoms with Gasteiger partial charge in [-0.3, -0.25) is 4.99 Å². The van der Waals surface area contributed by atoms with Gasteiger partial charge in [-0.05, 0) is 31.9 Å². The Morgan fingerprint density at radius 3 is 2.80 bits per heavy atom. The Kier molecular flexibility index (Phi) is 4.28. The second-order valence-corrected chi connectivity index (χ2v) is 4.70. The van der Waals surface area contributed by atoms with E-state index in [4.69, 9.17) is 0 Å². The van der Waals surface area contributed by atoms with Gasteiger partial charge in [-0.15, -0.1) is 0 Å². The van der Waals surface area contributed by atoms with Crippen LogP contribution in [-0.2, 0) is 0 Å². The summed E-state index contributed by atoms with van der Waals surface area (Å²) in [6, 6.07) is 0. The van der Waals surface area contributed by atoms with E-state index in [1.807, 2.05) is 6.21 Å². The molecule has 0 aromatic rings. The van der Waals surface area contributed by atoms with E-state index >= 15 is 0 Å². The van der Waals surface area contributed by atoms with Gasteiger partial charge in [0.2, 0.25) is 0 Å². The Morgan fingerprint density at radius 2 is 2.20 bits per heavy atom. The topological polar surface area (TPSA) is 15.6 Å². The molecule has 0 spiro atoms. The molecule has 15 heavy (non-hydrogen) atoms. The second-order valence-electron chi connectivity index (χ2n) is 4.70. The molecular formula is C13H22N2. The van der Waals surface area contributed by atoms with Crippen molar-refractivity contribution in [3.63, 3.8) is 0 Å². The molecule has 0 aromatic carbocycles.